The molecule has 2 atom stereocenters. The summed E-state index contributed by atoms with van der Waals surface area (Å²) in [5, 5.41) is 0. The molecule has 0 aliphatic heterocycles. The largest absolute Gasteiger partial charge is 0.299 e. The van der Waals surface area contributed by atoms with Crippen molar-refractivity contribution in [3.63, 3.8) is 0 Å². The zero-order chi connectivity index (χ0) is 8.43. The molecule has 1 aliphatic carbocycles. The van der Waals surface area contributed by atoms with E-state index in [1.165, 1.54) is 6.42 Å². The first kappa shape index (κ1) is 8.76. The van der Waals surface area contributed by atoms with Crippen LogP contribution in [-0.2, 0) is 4.79 Å². The molecule has 0 bridgehead atoms. The van der Waals surface area contributed by atoms with Crippen molar-refractivity contribution in [2.24, 2.45) is 17.8 Å². The maximum atomic E-state index is 11.3. The minimum Gasteiger partial charge on any atom is -0.299 e. The topological polar surface area (TPSA) is 17.1 Å². The SMILES string of the molecule is CC(C)[C@H]1CC[C@@H](C)C(=O)C1. The standard InChI is InChI=1S/C10H18O/c1-7(2)9-5-4-8(3)10(11)6-9/h7-9H,4-6H2,1-3H3/t8-,9+/m1/s1. The van der Waals surface area contributed by atoms with Crippen molar-refractivity contribution in [3.05, 3.63) is 0 Å². The highest BCUT2D eigenvalue weighted by Gasteiger charge is 2.26. The minimum atomic E-state index is 0.338. The Bertz CT molecular complexity index is 149. The monoisotopic (exact) mass is 154 g/mol. The highest BCUT2D eigenvalue weighted by Crippen LogP contribution is 2.30. The van der Waals surface area contributed by atoms with Crippen LogP contribution in [0.3, 0.4) is 0 Å². The molecule has 0 aromatic heterocycles. The van der Waals surface area contributed by atoms with E-state index in [0.717, 1.165) is 12.8 Å². The van der Waals surface area contributed by atoms with Gasteiger partial charge in [0.25, 0.3) is 0 Å². The summed E-state index contributed by atoms with van der Waals surface area (Å²) >= 11 is 0. The molecule has 0 aromatic carbocycles. The summed E-state index contributed by atoms with van der Waals surface area (Å²) in [6.07, 6.45) is 3.20. The Hall–Kier alpha value is -0.330. The van der Waals surface area contributed by atoms with Crippen LogP contribution in [0, 0.1) is 17.8 Å². The predicted octanol–water partition coefficient (Wildman–Crippen LogP) is 2.65. The predicted molar refractivity (Wildman–Crippen MR) is 46.4 cm³/mol. The molecule has 1 aliphatic rings. The van der Waals surface area contributed by atoms with Crippen LogP contribution in [-0.4, -0.2) is 5.78 Å². The number of hydrogen-bond donors (Lipinski definition) is 0. The second kappa shape index (κ2) is 3.38. The number of hydrogen-bond acceptors (Lipinski definition) is 1. The summed E-state index contributed by atoms with van der Waals surface area (Å²) in [6.45, 7) is 6.49. The normalized spacial score (nSPS) is 32.9. The van der Waals surface area contributed by atoms with E-state index in [1.807, 2.05) is 0 Å². The van der Waals surface area contributed by atoms with Crippen molar-refractivity contribution in [2.45, 2.75) is 40.0 Å². The van der Waals surface area contributed by atoms with Gasteiger partial charge in [0.05, 0.1) is 0 Å². The molecule has 1 saturated carbocycles. The van der Waals surface area contributed by atoms with E-state index < -0.39 is 0 Å². The van der Waals surface area contributed by atoms with Crippen molar-refractivity contribution in [2.75, 3.05) is 0 Å². The van der Waals surface area contributed by atoms with Crippen LogP contribution in [0.5, 0.6) is 0 Å². The van der Waals surface area contributed by atoms with E-state index in [9.17, 15) is 4.79 Å². The fourth-order valence-electron chi connectivity index (χ4n) is 1.76. The molecule has 0 spiro atoms. The molecular weight excluding hydrogens is 136 g/mol. The van der Waals surface area contributed by atoms with Crippen LogP contribution in [0.1, 0.15) is 40.0 Å². The average molecular weight is 154 g/mol. The molecule has 0 unspecified atom stereocenters. The molecule has 1 rings (SSSR count). The van der Waals surface area contributed by atoms with Crippen molar-refractivity contribution < 1.29 is 4.79 Å². The fourth-order valence-corrected chi connectivity index (χ4v) is 1.76. The van der Waals surface area contributed by atoms with Crippen molar-refractivity contribution >= 4 is 5.78 Å². The number of carbonyl (C=O) groups excluding carboxylic acids is 1. The van der Waals surface area contributed by atoms with Gasteiger partial charge in [0.15, 0.2) is 0 Å². The van der Waals surface area contributed by atoms with Gasteiger partial charge in [-0.1, -0.05) is 20.8 Å². The lowest BCUT2D eigenvalue weighted by molar-refractivity contribution is -0.125. The van der Waals surface area contributed by atoms with E-state index in [2.05, 4.69) is 20.8 Å². The maximum absolute atomic E-state index is 11.3. The average Bonchev–Trinajstić information content (AvgIpc) is 1.94. The molecule has 0 saturated heterocycles. The van der Waals surface area contributed by atoms with Crippen LogP contribution < -0.4 is 0 Å². The first-order valence-electron chi connectivity index (χ1n) is 4.64. The zero-order valence-corrected chi connectivity index (χ0v) is 7.76. The number of carbonyl (C=O) groups is 1. The maximum Gasteiger partial charge on any atom is 0.135 e. The molecule has 64 valence electrons. The third kappa shape index (κ3) is 2.05. The van der Waals surface area contributed by atoms with Crippen LogP contribution in [0.15, 0.2) is 0 Å². The Morgan fingerprint density at radius 3 is 2.45 bits per heavy atom. The Balaban J connectivity index is 2.46. The van der Waals surface area contributed by atoms with Crippen molar-refractivity contribution in [1.29, 1.82) is 0 Å². The van der Waals surface area contributed by atoms with Crippen molar-refractivity contribution in [1.82, 2.24) is 0 Å². The molecule has 0 radical (unpaired) electrons. The molecule has 0 heterocycles. The zero-order valence-electron chi connectivity index (χ0n) is 7.76. The van der Waals surface area contributed by atoms with Crippen LogP contribution in [0.25, 0.3) is 0 Å². The van der Waals surface area contributed by atoms with Crippen LogP contribution >= 0.6 is 0 Å². The summed E-state index contributed by atoms with van der Waals surface area (Å²) in [7, 11) is 0. The molecule has 1 heteroatoms. The first-order valence-corrected chi connectivity index (χ1v) is 4.64. The molecule has 0 N–H and O–H groups in total. The van der Waals surface area contributed by atoms with Gasteiger partial charge in [0, 0.05) is 12.3 Å². The number of Topliss-reactive ketones (excluding diaryl/α,β-unsaturated/α-hetero) is 1. The van der Waals surface area contributed by atoms with Gasteiger partial charge in [-0.25, -0.2) is 0 Å². The Kier molecular flexibility index (Phi) is 2.69. The molecule has 11 heavy (non-hydrogen) atoms. The van der Waals surface area contributed by atoms with Gasteiger partial charge in [0.2, 0.25) is 0 Å². The molecule has 0 aromatic rings. The highest BCUT2D eigenvalue weighted by molar-refractivity contribution is 5.81. The summed E-state index contributed by atoms with van der Waals surface area (Å²) < 4.78 is 0. The van der Waals surface area contributed by atoms with Crippen molar-refractivity contribution in [3.8, 4) is 0 Å². The second-order valence-electron chi connectivity index (χ2n) is 4.15. The lowest BCUT2D eigenvalue weighted by Crippen LogP contribution is -2.25. The summed E-state index contributed by atoms with van der Waals surface area (Å²) in [4.78, 5) is 11.3. The van der Waals surface area contributed by atoms with Gasteiger partial charge in [-0.3, -0.25) is 4.79 Å². The van der Waals surface area contributed by atoms with Gasteiger partial charge in [-0.15, -0.1) is 0 Å². The smallest absolute Gasteiger partial charge is 0.135 e. The Labute approximate surface area is 69.2 Å². The van der Waals surface area contributed by atoms with E-state index in [4.69, 9.17) is 0 Å². The van der Waals surface area contributed by atoms with E-state index in [0.29, 0.717) is 23.5 Å². The highest BCUT2D eigenvalue weighted by atomic mass is 16.1. The van der Waals surface area contributed by atoms with Gasteiger partial charge < -0.3 is 0 Å². The summed E-state index contributed by atoms with van der Waals surface area (Å²) in [5.74, 6) is 2.17. The van der Waals surface area contributed by atoms with Crippen LogP contribution in [0.4, 0.5) is 0 Å². The summed E-state index contributed by atoms with van der Waals surface area (Å²) in [5.41, 5.74) is 0. The van der Waals surface area contributed by atoms with Gasteiger partial charge in [-0.2, -0.15) is 0 Å². The first-order chi connectivity index (χ1) is 5.11. The van der Waals surface area contributed by atoms with E-state index >= 15 is 0 Å². The van der Waals surface area contributed by atoms with E-state index in [1.54, 1.807) is 0 Å². The third-order valence-electron chi connectivity index (χ3n) is 2.93. The van der Waals surface area contributed by atoms with Crippen LogP contribution in [0.2, 0.25) is 0 Å². The quantitative estimate of drug-likeness (QED) is 0.567. The van der Waals surface area contributed by atoms with Gasteiger partial charge >= 0.3 is 0 Å². The molecule has 1 nitrogen and oxygen atoms in total. The third-order valence-corrected chi connectivity index (χ3v) is 2.93. The van der Waals surface area contributed by atoms with Gasteiger partial charge in [0.1, 0.15) is 5.78 Å². The Morgan fingerprint density at radius 2 is 2.00 bits per heavy atom. The second-order valence-corrected chi connectivity index (χ2v) is 4.15. The number of rotatable bonds is 1. The lowest BCUT2D eigenvalue weighted by Gasteiger charge is -2.27. The molecular formula is C10H18O. The Morgan fingerprint density at radius 1 is 1.36 bits per heavy atom. The number of ketones is 1. The fraction of sp³-hybridized carbons (Fsp3) is 0.900. The minimum absolute atomic E-state index is 0.338. The van der Waals surface area contributed by atoms with Gasteiger partial charge in [-0.05, 0) is 24.7 Å². The molecule has 1 fully saturated rings. The summed E-state index contributed by atoms with van der Waals surface area (Å²) in [6, 6.07) is 0. The molecule has 0 amide bonds. The lowest BCUT2D eigenvalue weighted by atomic mass is 9.77. The van der Waals surface area contributed by atoms with E-state index in [-0.39, 0.29) is 0 Å².